The van der Waals surface area contributed by atoms with Gasteiger partial charge in [0, 0.05) is 18.3 Å². The Bertz CT molecular complexity index is 598. The first-order chi connectivity index (χ1) is 12.3. The summed E-state index contributed by atoms with van der Waals surface area (Å²) in [6.45, 7) is 8.29. The van der Waals surface area contributed by atoms with Gasteiger partial charge in [-0.15, -0.1) is 0 Å². The molecule has 0 radical (unpaired) electrons. The number of Topliss-reactive ketones (excluding diaryl/α,β-unsaturated/α-hetero) is 1. The van der Waals surface area contributed by atoms with E-state index < -0.39 is 0 Å². The topological polar surface area (TPSA) is 43.4 Å². The number of hydrogen-bond acceptors (Lipinski definition) is 3. The van der Waals surface area contributed by atoms with E-state index in [1.54, 1.807) is 13.8 Å². The van der Waals surface area contributed by atoms with Crippen molar-refractivity contribution >= 4 is 11.8 Å². The molecular weight excluding hydrogens is 324 g/mol. The van der Waals surface area contributed by atoms with E-state index in [2.05, 4.69) is 13.8 Å². The highest BCUT2D eigenvalue weighted by molar-refractivity contribution is 5.78. The summed E-state index contributed by atoms with van der Waals surface area (Å²) in [5, 5.41) is 0. The molecule has 0 aromatic rings. The largest absolute Gasteiger partial charge is 0.462 e. The highest BCUT2D eigenvalue weighted by atomic mass is 16.5. The number of rotatable bonds is 2. The molecule has 0 heterocycles. The molecule has 0 N–H and O–H groups in total. The van der Waals surface area contributed by atoms with Crippen LogP contribution in [0.1, 0.15) is 85.5 Å². The van der Waals surface area contributed by atoms with Gasteiger partial charge in [-0.25, -0.2) is 0 Å². The van der Waals surface area contributed by atoms with Crippen LogP contribution in [-0.2, 0) is 14.3 Å². The zero-order valence-corrected chi connectivity index (χ0v) is 17.1. The van der Waals surface area contributed by atoms with Crippen LogP contribution in [0.25, 0.3) is 0 Å². The van der Waals surface area contributed by atoms with Crippen LogP contribution in [0.4, 0.5) is 0 Å². The lowest BCUT2D eigenvalue weighted by atomic mass is 9.44. The van der Waals surface area contributed by atoms with Gasteiger partial charge in [0.25, 0.3) is 0 Å². The monoisotopic (exact) mass is 360 g/mol. The molecule has 26 heavy (non-hydrogen) atoms. The van der Waals surface area contributed by atoms with Crippen molar-refractivity contribution in [3.8, 4) is 0 Å². The summed E-state index contributed by atoms with van der Waals surface area (Å²) in [7, 11) is 0. The van der Waals surface area contributed by atoms with E-state index in [0.29, 0.717) is 23.0 Å². The smallest absolute Gasteiger partial charge is 0.302 e. The Hall–Kier alpha value is -0.860. The van der Waals surface area contributed by atoms with E-state index in [4.69, 9.17) is 4.74 Å². The number of esters is 1. The van der Waals surface area contributed by atoms with E-state index in [9.17, 15) is 9.59 Å². The first-order valence-corrected chi connectivity index (χ1v) is 10.9. The fourth-order valence-electron chi connectivity index (χ4n) is 7.97. The van der Waals surface area contributed by atoms with Crippen LogP contribution < -0.4 is 0 Å². The van der Waals surface area contributed by atoms with Crippen molar-refractivity contribution in [2.45, 2.75) is 91.6 Å². The second-order valence-electron chi connectivity index (χ2n) is 10.5. The first-order valence-electron chi connectivity index (χ1n) is 10.9. The third kappa shape index (κ3) is 2.67. The second kappa shape index (κ2) is 6.34. The molecule has 3 heteroatoms. The first kappa shape index (κ1) is 18.5. The van der Waals surface area contributed by atoms with Crippen molar-refractivity contribution in [2.24, 2.45) is 40.4 Å². The van der Waals surface area contributed by atoms with Gasteiger partial charge in [-0.2, -0.15) is 0 Å². The summed E-state index contributed by atoms with van der Waals surface area (Å²) in [5.74, 6) is 3.67. The van der Waals surface area contributed by atoms with Crippen LogP contribution in [-0.4, -0.2) is 17.9 Å². The maximum Gasteiger partial charge on any atom is 0.302 e. The Morgan fingerprint density at radius 3 is 2.23 bits per heavy atom. The molecule has 0 aromatic heterocycles. The van der Waals surface area contributed by atoms with Gasteiger partial charge in [0.15, 0.2) is 0 Å². The number of ketones is 1. The molecule has 8 atom stereocenters. The second-order valence-corrected chi connectivity index (χ2v) is 10.5. The molecule has 0 amide bonds. The Labute approximate surface area is 158 Å². The van der Waals surface area contributed by atoms with Crippen molar-refractivity contribution < 1.29 is 14.3 Å². The third-order valence-corrected chi connectivity index (χ3v) is 9.46. The van der Waals surface area contributed by atoms with Crippen LogP contribution >= 0.6 is 0 Å². The lowest BCUT2D eigenvalue weighted by molar-refractivity contribution is -0.162. The van der Waals surface area contributed by atoms with E-state index >= 15 is 0 Å². The van der Waals surface area contributed by atoms with Crippen molar-refractivity contribution in [1.82, 2.24) is 0 Å². The van der Waals surface area contributed by atoms with Gasteiger partial charge in [-0.05, 0) is 93.8 Å². The highest BCUT2D eigenvalue weighted by Crippen LogP contribution is 2.66. The van der Waals surface area contributed by atoms with Crippen LogP contribution in [0.2, 0.25) is 0 Å². The van der Waals surface area contributed by atoms with Gasteiger partial charge >= 0.3 is 5.97 Å². The molecular formula is C23H36O3. The summed E-state index contributed by atoms with van der Waals surface area (Å²) < 4.78 is 5.76. The molecule has 0 spiro atoms. The maximum atomic E-state index is 11.9. The van der Waals surface area contributed by atoms with Crippen LogP contribution in [0.15, 0.2) is 0 Å². The normalized spacial score (nSPS) is 50.3. The number of carbonyl (C=O) groups excluding carboxylic acids is 2. The molecule has 0 unspecified atom stereocenters. The van der Waals surface area contributed by atoms with Gasteiger partial charge in [0.2, 0.25) is 0 Å². The highest BCUT2D eigenvalue weighted by Gasteiger charge is 2.61. The van der Waals surface area contributed by atoms with E-state index in [1.807, 2.05) is 0 Å². The zero-order chi connectivity index (χ0) is 18.7. The van der Waals surface area contributed by atoms with Gasteiger partial charge < -0.3 is 4.74 Å². The van der Waals surface area contributed by atoms with Crippen LogP contribution in [0.5, 0.6) is 0 Å². The summed E-state index contributed by atoms with van der Waals surface area (Å²) in [6.07, 6.45) is 11.0. The quantitative estimate of drug-likeness (QED) is 0.638. The van der Waals surface area contributed by atoms with Gasteiger partial charge in [0.05, 0.1) is 0 Å². The summed E-state index contributed by atoms with van der Waals surface area (Å²) in [4.78, 5) is 23.5. The molecule has 4 saturated carbocycles. The fourth-order valence-corrected chi connectivity index (χ4v) is 7.97. The molecule has 0 saturated heterocycles. The van der Waals surface area contributed by atoms with Crippen molar-refractivity contribution in [3.63, 3.8) is 0 Å². The van der Waals surface area contributed by atoms with E-state index in [-0.39, 0.29) is 17.5 Å². The minimum atomic E-state index is -0.114. The average Bonchev–Trinajstić information content (AvgIpc) is 2.90. The molecule has 4 fully saturated rings. The summed E-state index contributed by atoms with van der Waals surface area (Å²) in [6, 6.07) is 0. The van der Waals surface area contributed by atoms with Crippen molar-refractivity contribution in [3.05, 3.63) is 0 Å². The predicted molar refractivity (Wildman–Crippen MR) is 101 cm³/mol. The number of fused-ring (bicyclic) bond motifs is 5. The van der Waals surface area contributed by atoms with Crippen LogP contribution in [0, 0.1) is 40.4 Å². The van der Waals surface area contributed by atoms with E-state index in [1.165, 1.54) is 38.5 Å². The Balaban J connectivity index is 1.55. The summed E-state index contributed by atoms with van der Waals surface area (Å²) in [5.41, 5.74) is 0.613. The Morgan fingerprint density at radius 1 is 0.846 bits per heavy atom. The maximum absolute atomic E-state index is 11.9. The SMILES string of the molecule is CC(=O)O[C@H]1CC[C@H]2[C@@H]3CC[C@@H]4C[C@H](C(C)=O)CC[C@]4(C)[C@H]3CC[C@]12C. The molecule has 0 aliphatic heterocycles. The molecule has 0 aromatic carbocycles. The van der Waals surface area contributed by atoms with Crippen molar-refractivity contribution in [1.29, 1.82) is 0 Å². The lowest BCUT2D eigenvalue weighted by Crippen LogP contribution is -2.54. The molecule has 4 rings (SSSR count). The van der Waals surface area contributed by atoms with E-state index in [0.717, 1.165) is 37.0 Å². The van der Waals surface area contributed by atoms with Crippen LogP contribution in [0.3, 0.4) is 0 Å². The zero-order valence-electron chi connectivity index (χ0n) is 17.1. The summed E-state index contributed by atoms with van der Waals surface area (Å²) >= 11 is 0. The Kier molecular flexibility index (Phi) is 4.51. The lowest BCUT2D eigenvalue weighted by Gasteiger charge is -2.60. The number of ether oxygens (including phenoxy) is 1. The molecule has 0 bridgehead atoms. The minimum Gasteiger partial charge on any atom is -0.462 e. The molecule has 4 aliphatic rings. The molecule has 3 nitrogen and oxygen atoms in total. The van der Waals surface area contributed by atoms with Gasteiger partial charge in [0.1, 0.15) is 11.9 Å². The van der Waals surface area contributed by atoms with Gasteiger partial charge in [-0.1, -0.05) is 13.8 Å². The molecule has 4 aliphatic carbocycles. The fraction of sp³-hybridized carbons (Fsp3) is 0.913. The van der Waals surface area contributed by atoms with Crippen molar-refractivity contribution in [2.75, 3.05) is 0 Å². The van der Waals surface area contributed by atoms with Gasteiger partial charge in [-0.3, -0.25) is 9.59 Å². The Morgan fingerprint density at radius 2 is 1.54 bits per heavy atom. The molecule has 146 valence electrons. The predicted octanol–water partition coefficient (Wildman–Crippen LogP) is 5.17. The minimum absolute atomic E-state index is 0.114. The number of carbonyl (C=O) groups is 2. The average molecular weight is 361 g/mol. The number of hydrogen-bond donors (Lipinski definition) is 0. The standard InChI is InChI=1S/C23H36O3/c1-14(24)16-9-11-22(3)17(13-16)5-6-18-19-7-8-21(26-15(2)25)23(19,4)12-10-20(18)22/h16-21H,5-13H2,1-4H3/t16-,17-,18+,19+,20+,21+,22+,23+/m1/s1. The third-order valence-electron chi connectivity index (χ3n) is 9.46.